The number of fused-ring (bicyclic) bond motifs is 1. The molecule has 3 rings (SSSR count). The van der Waals surface area contributed by atoms with Gasteiger partial charge in [-0.25, -0.2) is 9.59 Å². The van der Waals surface area contributed by atoms with Crippen LogP contribution < -0.4 is 5.73 Å². The molecule has 0 bridgehead atoms. The molecule has 174 valence electrons. The molecule has 1 saturated carbocycles. The first-order valence-corrected chi connectivity index (χ1v) is 11.7. The van der Waals surface area contributed by atoms with Gasteiger partial charge in [-0.2, -0.15) is 0 Å². The van der Waals surface area contributed by atoms with Gasteiger partial charge < -0.3 is 19.8 Å². The average Bonchev–Trinajstić information content (AvgIpc) is 2.92. The molecule has 1 atom stereocenters. The van der Waals surface area contributed by atoms with Gasteiger partial charge in [0.2, 0.25) is 11.9 Å². The number of rotatable bonds is 8. The van der Waals surface area contributed by atoms with Crippen molar-refractivity contribution in [2.45, 2.75) is 64.3 Å². The van der Waals surface area contributed by atoms with Crippen LogP contribution in [0.2, 0.25) is 5.02 Å². The SMILES string of the molecule is CCOC(=O)C(C(=O)OCC)n1cc(C(C(N)=O)C2CCCCCC2)c2c(Cl)cccc21. The summed E-state index contributed by atoms with van der Waals surface area (Å²) in [6, 6.07) is 3.89. The number of nitrogens with two attached hydrogens (primary N) is 1. The summed E-state index contributed by atoms with van der Waals surface area (Å²) in [6.45, 7) is 3.58. The summed E-state index contributed by atoms with van der Waals surface area (Å²) < 4.78 is 11.9. The number of ether oxygens (including phenoxy) is 2. The molecule has 1 fully saturated rings. The van der Waals surface area contributed by atoms with Crippen LogP contribution in [0.5, 0.6) is 0 Å². The highest BCUT2D eigenvalue weighted by atomic mass is 35.5. The maximum atomic E-state index is 12.8. The van der Waals surface area contributed by atoms with Crippen molar-refractivity contribution in [2.75, 3.05) is 13.2 Å². The number of nitrogens with zero attached hydrogens (tertiary/aromatic N) is 1. The fraction of sp³-hybridized carbons (Fsp3) is 0.542. The molecule has 0 radical (unpaired) electrons. The predicted octanol–water partition coefficient (Wildman–Crippen LogP) is 4.50. The molecular formula is C24H31ClN2O5. The number of aromatic nitrogens is 1. The molecule has 1 heterocycles. The van der Waals surface area contributed by atoms with Crippen molar-refractivity contribution < 1.29 is 23.9 Å². The van der Waals surface area contributed by atoms with E-state index in [2.05, 4.69) is 0 Å². The average molecular weight is 463 g/mol. The van der Waals surface area contributed by atoms with E-state index in [4.69, 9.17) is 26.8 Å². The molecule has 1 aromatic carbocycles. The van der Waals surface area contributed by atoms with E-state index in [0.717, 1.165) is 38.5 Å². The van der Waals surface area contributed by atoms with E-state index in [1.54, 1.807) is 38.2 Å². The third-order valence-electron chi connectivity index (χ3n) is 6.15. The van der Waals surface area contributed by atoms with E-state index in [-0.39, 0.29) is 19.1 Å². The Labute approximate surface area is 193 Å². The lowest BCUT2D eigenvalue weighted by atomic mass is 9.81. The van der Waals surface area contributed by atoms with Crippen LogP contribution in [0.1, 0.15) is 69.9 Å². The summed E-state index contributed by atoms with van der Waals surface area (Å²) in [6.07, 6.45) is 7.80. The Bertz CT molecular complexity index is 960. The first kappa shape index (κ1) is 24.1. The van der Waals surface area contributed by atoms with E-state index in [0.29, 0.717) is 21.5 Å². The number of amides is 1. The lowest BCUT2D eigenvalue weighted by Gasteiger charge is -2.23. The molecule has 1 aromatic heterocycles. The van der Waals surface area contributed by atoms with Crippen molar-refractivity contribution >= 4 is 40.3 Å². The van der Waals surface area contributed by atoms with Gasteiger partial charge in [-0.15, -0.1) is 0 Å². The zero-order valence-electron chi connectivity index (χ0n) is 18.6. The summed E-state index contributed by atoms with van der Waals surface area (Å²) in [4.78, 5) is 38.3. The highest BCUT2D eigenvalue weighted by Crippen LogP contribution is 2.42. The number of hydrogen-bond donors (Lipinski definition) is 1. The second-order valence-electron chi connectivity index (χ2n) is 8.16. The number of esters is 2. The summed E-state index contributed by atoms with van der Waals surface area (Å²) in [5.41, 5.74) is 7.11. The molecular weight excluding hydrogens is 432 g/mol. The summed E-state index contributed by atoms with van der Waals surface area (Å²) in [5.74, 6) is -2.37. The second-order valence-corrected chi connectivity index (χ2v) is 8.57. The van der Waals surface area contributed by atoms with Crippen LogP contribution in [0.25, 0.3) is 10.9 Å². The van der Waals surface area contributed by atoms with Gasteiger partial charge in [-0.3, -0.25) is 4.79 Å². The van der Waals surface area contributed by atoms with Gasteiger partial charge in [0.05, 0.1) is 29.7 Å². The van der Waals surface area contributed by atoms with Gasteiger partial charge in [0, 0.05) is 11.6 Å². The summed E-state index contributed by atoms with van der Waals surface area (Å²) >= 11 is 6.58. The maximum Gasteiger partial charge on any atom is 0.340 e. The normalized spacial score (nSPS) is 16.0. The molecule has 0 spiro atoms. The van der Waals surface area contributed by atoms with E-state index < -0.39 is 29.8 Å². The Kier molecular flexibility index (Phi) is 8.18. The quantitative estimate of drug-likeness (QED) is 0.353. The molecule has 0 saturated heterocycles. The Morgan fingerprint density at radius 2 is 1.66 bits per heavy atom. The van der Waals surface area contributed by atoms with Crippen LogP contribution in [0.15, 0.2) is 24.4 Å². The predicted molar refractivity (Wildman–Crippen MR) is 122 cm³/mol. The smallest absolute Gasteiger partial charge is 0.340 e. The number of hydrogen-bond acceptors (Lipinski definition) is 5. The van der Waals surface area contributed by atoms with E-state index in [1.165, 1.54) is 4.57 Å². The van der Waals surface area contributed by atoms with Crippen molar-refractivity contribution in [2.24, 2.45) is 11.7 Å². The molecule has 1 aliphatic rings. The number of carbonyl (C=O) groups is 3. The largest absolute Gasteiger partial charge is 0.464 e. The van der Waals surface area contributed by atoms with E-state index >= 15 is 0 Å². The van der Waals surface area contributed by atoms with Crippen LogP contribution in [0.3, 0.4) is 0 Å². The van der Waals surface area contributed by atoms with Crippen LogP contribution in [0, 0.1) is 5.92 Å². The molecule has 2 aromatic rings. The minimum atomic E-state index is -1.34. The Morgan fingerprint density at radius 1 is 1.06 bits per heavy atom. The molecule has 8 heteroatoms. The van der Waals surface area contributed by atoms with Gasteiger partial charge >= 0.3 is 11.9 Å². The minimum absolute atomic E-state index is 0.0777. The molecule has 1 unspecified atom stereocenters. The molecule has 2 N–H and O–H groups in total. The Hall–Kier alpha value is -2.54. The van der Waals surface area contributed by atoms with Crippen molar-refractivity contribution in [1.82, 2.24) is 4.57 Å². The number of halogens is 1. The molecule has 7 nitrogen and oxygen atoms in total. The number of primary amides is 1. The maximum absolute atomic E-state index is 12.8. The highest BCUT2D eigenvalue weighted by molar-refractivity contribution is 6.36. The lowest BCUT2D eigenvalue weighted by Crippen LogP contribution is -2.31. The van der Waals surface area contributed by atoms with Crippen molar-refractivity contribution in [3.8, 4) is 0 Å². The molecule has 1 amide bonds. The van der Waals surface area contributed by atoms with Gasteiger partial charge in [0.15, 0.2) is 0 Å². The second kappa shape index (κ2) is 10.9. The topological polar surface area (TPSA) is 101 Å². The molecule has 32 heavy (non-hydrogen) atoms. The van der Waals surface area contributed by atoms with Gasteiger partial charge in [-0.1, -0.05) is 43.4 Å². The Balaban J connectivity index is 2.20. The standard InChI is InChI=1S/C24H31ClN2O5/c1-3-31-23(29)21(24(30)32-4-2)27-14-16(20-17(25)12-9-13-18(20)27)19(22(26)28)15-10-7-5-6-8-11-15/h9,12-15,19,21H,3-8,10-11H2,1-2H3,(H2,26,28). The van der Waals surface area contributed by atoms with Crippen LogP contribution >= 0.6 is 11.6 Å². The first-order valence-electron chi connectivity index (χ1n) is 11.3. The van der Waals surface area contributed by atoms with Crippen molar-refractivity contribution in [3.63, 3.8) is 0 Å². The Morgan fingerprint density at radius 3 is 2.19 bits per heavy atom. The van der Waals surface area contributed by atoms with Crippen LogP contribution in [-0.4, -0.2) is 35.6 Å². The summed E-state index contributed by atoms with van der Waals surface area (Å²) in [7, 11) is 0. The van der Waals surface area contributed by atoms with Crippen molar-refractivity contribution in [1.29, 1.82) is 0 Å². The van der Waals surface area contributed by atoms with Crippen molar-refractivity contribution in [3.05, 3.63) is 35.0 Å². The fourth-order valence-corrected chi connectivity index (χ4v) is 5.08. The molecule has 1 aliphatic carbocycles. The zero-order valence-corrected chi connectivity index (χ0v) is 19.4. The van der Waals surface area contributed by atoms with Gasteiger partial charge in [-0.05, 0) is 50.3 Å². The van der Waals surface area contributed by atoms with Gasteiger partial charge in [0.25, 0.3) is 0 Å². The molecule has 0 aliphatic heterocycles. The fourth-order valence-electron chi connectivity index (χ4n) is 4.80. The lowest BCUT2D eigenvalue weighted by molar-refractivity contribution is -0.160. The van der Waals surface area contributed by atoms with Crippen LogP contribution in [-0.2, 0) is 23.9 Å². The zero-order chi connectivity index (χ0) is 23.3. The van der Waals surface area contributed by atoms with E-state index in [1.807, 2.05) is 0 Å². The van der Waals surface area contributed by atoms with E-state index in [9.17, 15) is 14.4 Å². The highest BCUT2D eigenvalue weighted by Gasteiger charge is 2.37. The minimum Gasteiger partial charge on any atom is -0.464 e. The summed E-state index contributed by atoms with van der Waals surface area (Å²) in [5, 5.41) is 1.06. The van der Waals surface area contributed by atoms with Gasteiger partial charge in [0.1, 0.15) is 0 Å². The third kappa shape index (κ3) is 4.93. The monoisotopic (exact) mass is 462 g/mol. The van der Waals surface area contributed by atoms with Crippen LogP contribution in [0.4, 0.5) is 0 Å². The third-order valence-corrected chi connectivity index (χ3v) is 6.46. The number of benzene rings is 1. The number of carbonyl (C=O) groups excluding carboxylic acids is 3. The first-order chi connectivity index (χ1) is 15.4.